The zero-order valence-corrected chi connectivity index (χ0v) is 16.5. The van der Waals surface area contributed by atoms with Crippen molar-refractivity contribution < 1.29 is 14.3 Å². The summed E-state index contributed by atoms with van der Waals surface area (Å²) in [7, 11) is 0. The highest BCUT2D eigenvalue weighted by molar-refractivity contribution is 5.79. The van der Waals surface area contributed by atoms with Crippen LogP contribution in [-0.2, 0) is 27.2 Å². The van der Waals surface area contributed by atoms with E-state index in [4.69, 9.17) is 4.74 Å². The number of nitrogens with one attached hydrogen (secondary N) is 2. The molecule has 5 heteroatoms. The van der Waals surface area contributed by atoms with E-state index in [2.05, 4.69) is 22.8 Å². The Morgan fingerprint density at radius 3 is 2.14 bits per heavy atom. The third-order valence-corrected chi connectivity index (χ3v) is 4.43. The van der Waals surface area contributed by atoms with Crippen LogP contribution in [0.15, 0.2) is 60.7 Å². The van der Waals surface area contributed by atoms with Crippen LogP contribution in [0.25, 0.3) is 0 Å². The standard InChI is InChI=1S/C23H30N2O3/c1-2-28-23(27)17-21(14-13-19-9-5-3-6-10-19)25-22(26)18-24-16-15-20-11-7-4-8-12-20/h3-12,21,24H,2,13-18H2,1H3,(H,25,26)/t21-/m1/s1. The number of benzene rings is 2. The van der Waals surface area contributed by atoms with Gasteiger partial charge in [0.2, 0.25) is 5.91 Å². The first-order chi connectivity index (χ1) is 13.7. The van der Waals surface area contributed by atoms with E-state index >= 15 is 0 Å². The molecule has 2 rings (SSSR count). The zero-order chi connectivity index (χ0) is 20.0. The molecule has 0 unspecified atom stereocenters. The molecule has 0 radical (unpaired) electrons. The van der Waals surface area contributed by atoms with Gasteiger partial charge in [-0.1, -0.05) is 60.7 Å². The Hall–Kier alpha value is -2.66. The number of esters is 1. The first-order valence-electron chi connectivity index (χ1n) is 9.91. The molecule has 150 valence electrons. The summed E-state index contributed by atoms with van der Waals surface area (Å²) in [6.07, 6.45) is 2.55. The molecule has 2 N–H and O–H groups in total. The molecule has 0 saturated heterocycles. The highest BCUT2D eigenvalue weighted by atomic mass is 16.5. The fourth-order valence-corrected chi connectivity index (χ4v) is 2.99. The Labute approximate surface area is 167 Å². The van der Waals surface area contributed by atoms with Gasteiger partial charge in [-0.2, -0.15) is 0 Å². The van der Waals surface area contributed by atoms with Crippen LogP contribution >= 0.6 is 0 Å². The van der Waals surface area contributed by atoms with Gasteiger partial charge in [-0.25, -0.2) is 0 Å². The zero-order valence-electron chi connectivity index (χ0n) is 16.5. The normalized spacial score (nSPS) is 11.6. The topological polar surface area (TPSA) is 67.4 Å². The molecule has 2 aromatic carbocycles. The Morgan fingerprint density at radius 2 is 1.54 bits per heavy atom. The minimum atomic E-state index is -0.280. The van der Waals surface area contributed by atoms with Crippen molar-refractivity contribution in [2.75, 3.05) is 19.7 Å². The Morgan fingerprint density at radius 1 is 0.929 bits per heavy atom. The number of hydrogen-bond acceptors (Lipinski definition) is 4. The number of rotatable bonds is 12. The summed E-state index contributed by atoms with van der Waals surface area (Å²) < 4.78 is 5.05. The number of carbonyl (C=O) groups excluding carboxylic acids is 2. The number of amides is 1. The number of aryl methyl sites for hydroxylation is 1. The Bertz CT molecular complexity index is 704. The first-order valence-corrected chi connectivity index (χ1v) is 9.91. The lowest BCUT2D eigenvalue weighted by molar-refractivity contribution is -0.143. The van der Waals surface area contributed by atoms with Crippen molar-refractivity contribution in [2.24, 2.45) is 0 Å². The second-order valence-electron chi connectivity index (χ2n) is 6.71. The smallest absolute Gasteiger partial charge is 0.307 e. The van der Waals surface area contributed by atoms with E-state index in [1.165, 1.54) is 11.1 Å². The lowest BCUT2D eigenvalue weighted by Crippen LogP contribution is -2.42. The van der Waals surface area contributed by atoms with Gasteiger partial charge in [0.1, 0.15) is 0 Å². The van der Waals surface area contributed by atoms with Crippen molar-refractivity contribution in [3.8, 4) is 0 Å². The van der Waals surface area contributed by atoms with Crippen LogP contribution in [0.4, 0.5) is 0 Å². The van der Waals surface area contributed by atoms with Crippen LogP contribution in [-0.4, -0.2) is 37.6 Å². The molecule has 0 aliphatic rings. The van der Waals surface area contributed by atoms with Gasteiger partial charge >= 0.3 is 5.97 Å². The Kier molecular flexibility index (Phi) is 9.80. The maximum absolute atomic E-state index is 12.3. The third kappa shape index (κ3) is 8.82. The van der Waals surface area contributed by atoms with Gasteiger partial charge in [0.25, 0.3) is 0 Å². The van der Waals surface area contributed by atoms with E-state index in [0.29, 0.717) is 13.0 Å². The minimum absolute atomic E-state index is 0.101. The summed E-state index contributed by atoms with van der Waals surface area (Å²) in [5, 5.41) is 6.14. The molecule has 1 amide bonds. The van der Waals surface area contributed by atoms with Crippen molar-refractivity contribution >= 4 is 11.9 Å². The molecule has 0 aliphatic carbocycles. The van der Waals surface area contributed by atoms with Gasteiger partial charge in [-0.15, -0.1) is 0 Å². The molecule has 0 saturated carbocycles. The van der Waals surface area contributed by atoms with E-state index in [9.17, 15) is 9.59 Å². The lowest BCUT2D eigenvalue weighted by Gasteiger charge is -2.18. The molecule has 0 heterocycles. The SMILES string of the molecule is CCOC(=O)C[C@@H](CCc1ccccc1)NC(=O)CNCCc1ccccc1. The predicted molar refractivity (Wildman–Crippen MR) is 111 cm³/mol. The number of hydrogen-bond donors (Lipinski definition) is 2. The monoisotopic (exact) mass is 382 g/mol. The van der Waals surface area contributed by atoms with Crippen LogP contribution in [0, 0.1) is 0 Å². The van der Waals surface area contributed by atoms with Crippen molar-refractivity contribution in [2.45, 2.75) is 38.6 Å². The average Bonchev–Trinajstić information content (AvgIpc) is 2.71. The quantitative estimate of drug-likeness (QED) is 0.438. The summed E-state index contributed by atoms with van der Waals surface area (Å²) in [4.78, 5) is 24.2. The fourth-order valence-electron chi connectivity index (χ4n) is 2.99. The van der Waals surface area contributed by atoms with E-state index < -0.39 is 0 Å². The molecule has 0 fully saturated rings. The molecule has 0 aromatic heterocycles. The third-order valence-electron chi connectivity index (χ3n) is 4.43. The minimum Gasteiger partial charge on any atom is -0.466 e. The van der Waals surface area contributed by atoms with Crippen molar-refractivity contribution in [3.05, 3.63) is 71.8 Å². The van der Waals surface area contributed by atoms with Gasteiger partial charge in [-0.3, -0.25) is 9.59 Å². The van der Waals surface area contributed by atoms with E-state index in [0.717, 1.165) is 19.4 Å². The first kappa shape index (κ1) is 21.6. The highest BCUT2D eigenvalue weighted by Crippen LogP contribution is 2.08. The summed E-state index contributed by atoms with van der Waals surface area (Å²) in [5.41, 5.74) is 2.42. The van der Waals surface area contributed by atoms with E-state index in [-0.39, 0.29) is 30.9 Å². The maximum atomic E-state index is 12.3. The molecule has 0 aliphatic heterocycles. The van der Waals surface area contributed by atoms with Crippen LogP contribution in [0.5, 0.6) is 0 Å². The van der Waals surface area contributed by atoms with Crippen molar-refractivity contribution in [3.63, 3.8) is 0 Å². The Balaban J connectivity index is 1.76. The van der Waals surface area contributed by atoms with E-state index in [1.807, 2.05) is 48.5 Å². The maximum Gasteiger partial charge on any atom is 0.307 e. The lowest BCUT2D eigenvalue weighted by atomic mass is 10.0. The van der Waals surface area contributed by atoms with Crippen molar-refractivity contribution in [1.29, 1.82) is 0 Å². The van der Waals surface area contributed by atoms with Gasteiger partial charge in [-0.05, 0) is 43.9 Å². The predicted octanol–water partition coefficient (Wildman–Crippen LogP) is 2.89. The van der Waals surface area contributed by atoms with E-state index in [1.54, 1.807) is 6.92 Å². The second-order valence-corrected chi connectivity index (χ2v) is 6.71. The fraction of sp³-hybridized carbons (Fsp3) is 0.391. The van der Waals surface area contributed by atoms with Gasteiger partial charge in [0.15, 0.2) is 0 Å². The number of ether oxygens (including phenoxy) is 1. The molecule has 2 aromatic rings. The van der Waals surface area contributed by atoms with Crippen LogP contribution in [0.2, 0.25) is 0 Å². The molecule has 0 bridgehead atoms. The van der Waals surface area contributed by atoms with Gasteiger partial charge in [0, 0.05) is 6.04 Å². The molecule has 1 atom stereocenters. The van der Waals surface area contributed by atoms with Crippen LogP contribution in [0.1, 0.15) is 30.9 Å². The summed E-state index contributed by atoms with van der Waals surface area (Å²) >= 11 is 0. The summed E-state index contributed by atoms with van der Waals surface area (Å²) in [5.74, 6) is -0.381. The molecular weight excluding hydrogens is 352 g/mol. The molecule has 5 nitrogen and oxygen atoms in total. The summed E-state index contributed by atoms with van der Waals surface area (Å²) in [6.45, 7) is 3.09. The van der Waals surface area contributed by atoms with Gasteiger partial charge in [0.05, 0.1) is 19.6 Å². The molecule has 0 spiro atoms. The van der Waals surface area contributed by atoms with Gasteiger partial charge < -0.3 is 15.4 Å². The summed E-state index contributed by atoms with van der Waals surface area (Å²) in [6, 6.07) is 20.0. The highest BCUT2D eigenvalue weighted by Gasteiger charge is 2.17. The van der Waals surface area contributed by atoms with Crippen molar-refractivity contribution in [1.82, 2.24) is 10.6 Å². The molecule has 28 heavy (non-hydrogen) atoms. The second kappa shape index (κ2) is 12.7. The molecular formula is C23H30N2O3. The van der Waals surface area contributed by atoms with Crippen LogP contribution < -0.4 is 10.6 Å². The van der Waals surface area contributed by atoms with Crippen LogP contribution in [0.3, 0.4) is 0 Å². The number of carbonyl (C=O) groups is 2. The average molecular weight is 383 g/mol. The largest absolute Gasteiger partial charge is 0.466 e.